The predicted octanol–water partition coefficient (Wildman–Crippen LogP) is 2.86. The lowest BCUT2D eigenvalue weighted by atomic mass is 9.93. The molecule has 0 aromatic heterocycles. The van der Waals surface area contributed by atoms with Gasteiger partial charge in [0.05, 0.1) is 12.1 Å². The number of carbonyl (C=O) groups is 1. The van der Waals surface area contributed by atoms with Gasteiger partial charge in [-0.1, -0.05) is 26.3 Å². The van der Waals surface area contributed by atoms with Crippen molar-refractivity contribution in [2.45, 2.75) is 65.2 Å². The Kier molecular flexibility index (Phi) is 6.99. The van der Waals surface area contributed by atoms with Crippen molar-refractivity contribution in [1.29, 1.82) is 0 Å². The van der Waals surface area contributed by atoms with Gasteiger partial charge < -0.3 is 15.2 Å². The highest BCUT2D eigenvalue weighted by Gasteiger charge is 2.27. The molecule has 0 aliphatic carbocycles. The first kappa shape index (κ1) is 17.0. The molecule has 18 heavy (non-hydrogen) atoms. The van der Waals surface area contributed by atoms with Gasteiger partial charge in [-0.3, -0.25) is 0 Å². The number of aliphatic hydroxyl groups is 1. The van der Waals surface area contributed by atoms with Crippen LogP contribution < -0.4 is 5.32 Å². The van der Waals surface area contributed by atoms with Crippen LogP contribution in [0.25, 0.3) is 0 Å². The predicted molar refractivity (Wildman–Crippen MR) is 73.4 cm³/mol. The molecule has 106 valence electrons. The SMILES string of the molecule is C=CC[C@@H](O)[C@@H](NC(=O)OC(C)(C)C)[C@H](C)CC. The van der Waals surface area contributed by atoms with E-state index in [0.717, 1.165) is 6.42 Å². The normalized spacial score (nSPS) is 16.6. The summed E-state index contributed by atoms with van der Waals surface area (Å²) in [6.45, 7) is 13.1. The lowest BCUT2D eigenvalue weighted by molar-refractivity contribution is 0.0368. The molecule has 2 N–H and O–H groups in total. The van der Waals surface area contributed by atoms with Gasteiger partial charge in [0.15, 0.2) is 0 Å². The minimum absolute atomic E-state index is 0.174. The molecule has 0 aromatic rings. The van der Waals surface area contributed by atoms with Crippen molar-refractivity contribution in [2.75, 3.05) is 0 Å². The fourth-order valence-corrected chi connectivity index (χ4v) is 1.63. The number of ether oxygens (including phenoxy) is 1. The first-order valence-corrected chi connectivity index (χ1v) is 6.49. The van der Waals surface area contributed by atoms with E-state index in [4.69, 9.17) is 4.74 Å². The second kappa shape index (κ2) is 7.41. The van der Waals surface area contributed by atoms with Crippen molar-refractivity contribution in [2.24, 2.45) is 5.92 Å². The van der Waals surface area contributed by atoms with E-state index in [9.17, 15) is 9.90 Å². The summed E-state index contributed by atoms with van der Waals surface area (Å²) in [4.78, 5) is 11.7. The van der Waals surface area contributed by atoms with E-state index in [1.54, 1.807) is 6.08 Å². The fraction of sp³-hybridized carbons (Fsp3) is 0.786. The molecule has 0 aromatic carbocycles. The molecule has 4 heteroatoms. The van der Waals surface area contributed by atoms with Crippen molar-refractivity contribution in [3.05, 3.63) is 12.7 Å². The molecule has 0 saturated heterocycles. The Morgan fingerprint density at radius 3 is 2.44 bits per heavy atom. The molecule has 0 aliphatic rings. The average molecular weight is 257 g/mol. The van der Waals surface area contributed by atoms with Crippen LogP contribution in [0, 0.1) is 5.92 Å². The maximum absolute atomic E-state index is 11.7. The zero-order valence-electron chi connectivity index (χ0n) is 12.2. The van der Waals surface area contributed by atoms with Crippen LogP contribution >= 0.6 is 0 Å². The minimum atomic E-state index is -0.634. The number of hydrogen-bond acceptors (Lipinski definition) is 3. The van der Waals surface area contributed by atoms with Crippen molar-refractivity contribution in [1.82, 2.24) is 5.32 Å². The molecule has 0 radical (unpaired) electrons. The Labute approximate surface area is 110 Å². The Hall–Kier alpha value is -1.03. The zero-order valence-corrected chi connectivity index (χ0v) is 12.2. The molecule has 0 rings (SSSR count). The van der Waals surface area contributed by atoms with Crippen LogP contribution in [0.2, 0.25) is 0 Å². The number of carbonyl (C=O) groups excluding carboxylic acids is 1. The van der Waals surface area contributed by atoms with Gasteiger partial charge in [0, 0.05) is 0 Å². The molecule has 4 nitrogen and oxygen atoms in total. The van der Waals surface area contributed by atoms with Gasteiger partial charge in [0.1, 0.15) is 5.60 Å². The monoisotopic (exact) mass is 257 g/mol. The number of hydrogen-bond donors (Lipinski definition) is 2. The van der Waals surface area contributed by atoms with Gasteiger partial charge in [0.2, 0.25) is 0 Å². The summed E-state index contributed by atoms with van der Waals surface area (Å²) < 4.78 is 5.20. The van der Waals surface area contributed by atoms with Crippen LogP contribution in [-0.2, 0) is 4.74 Å². The lowest BCUT2D eigenvalue weighted by Gasteiger charge is -2.30. The van der Waals surface area contributed by atoms with E-state index < -0.39 is 17.8 Å². The number of alkyl carbamates (subject to hydrolysis) is 1. The largest absolute Gasteiger partial charge is 0.444 e. The third kappa shape index (κ3) is 6.64. The summed E-state index contributed by atoms with van der Waals surface area (Å²) in [5.41, 5.74) is -0.534. The molecular weight excluding hydrogens is 230 g/mol. The molecule has 0 heterocycles. The van der Waals surface area contributed by atoms with E-state index >= 15 is 0 Å². The van der Waals surface area contributed by atoms with E-state index in [-0.39, 0.29) is 12.0 Å². The van der Waals surface area contributed by atoms with Crippen molar-refractivity contribution >= 4 is 6.09 Å². The Morgan fingerprint density at radius 1 is 1.50 bits per heavy atom. The molecule has 0 fully saturated rings. The standard InChI is InChI=1S/C14H27NO3/c1-7-9-11(16)12(10(3)8-2)15-13(17)18-14(4,5)6/h7,10-12,16H,1,8-9H2,2-6H3,(H,15,17)/t10-,11-,12+/m1/s1. The summed E-state index contributed by atoms with van der Waals surface area (Å²) in [7, 11) is 0. The molecule has 0 saturated carbocycles. The minimum Gasteiger partial charge on any atom is -0.444 e. The van der Waals surface area contributed by atoms with Crippen LogP contribution in [0.5, 0.6) is 0 Å². The number of aliphatic hydroxyl groups excluding tert-OH is 1. The Bertz CT molecular complexity index is 271. The van der Waals surface area contributed by atoms with Gasteiger partial charge in [-0.15, -0.1) is 6.58 Å². The molecule has 3 atom stereocenters. The topological polar surface area (TPSA) is 58.6 Å². The lowest BCUT2D eigenvalue weighted by Crippen LogP contribution is -2.48. The van der Waals surface area contributed by atoms with E-state index in [2.05, 4.69) is 11.9 Å². The highest BCUT2D eigenvalue weighted by Crippen LogP contribution is 2.15. The van der Waals surface area contributed by atoms with Gasteiger partial charge in [-0.2, -0.15) is 0 Å². The van der Waals surface area contributed by atoms with E-state index in [0.29, 0.717) is 6.42 Å². The molecule has 1 amide bonds. The first-order valence-electron chi connectivity index (χ1n) is 6.49. The third-order valence-corrected chi connectivity index (χ3v) is 2.76. The second-order valence-electron chi connectivity index (χ2n) is 5.65. The maximum atomic E-state index is 11.7. The summed E-state index contributed by atoms with van der Waals surface area (Å²) in [5, 5.41) is 12.8. The van der Waals surface area contributed by atoms with Crippen LogP contribution in [-0.4, -0.2) is 28.9 Å². The van der Waals surface area contributed by atoms with E-state index in [1.165, 1.54) is 0 Å². The summed E-state index contributed by atoms with van der Waals surface area (Å²) in [5.74, 6) is 0.174. The van der Waals surface area contributed by atoms with Crippen molar-refractivity contribution < 1.29 is 14.6 Å². The smallest absolute Gasteiger partial charge is 0.407 e. The summed E-state index contributed by atoms with van der Waals surface area (Å²) in [6.07, 6.45) is 1.84. The first-order chi connectivity index (χ1) is 8.21. The number of nitrogens with one attached hydrogen (secondary N) is 1. The highest BCUT2D eigenvalue weighted by atomic mass is 16.6. The van der Waals surface area contributed by atoms with Gasteiger partial charge >= 0.3 is 6.09 Å². The van der Waals surface area contributed by atoms with Crippen molar-refractivity contribution in [3.8, 4) is 0 Å². The molecule has 0 unspecified atom stereocenters. The Balaban J connectivity index is 4.59. The van der Waals surface area contributed by atoms with Crippen LogP contribution in [0.15, 0.2) is 12.7 Å². The average Bonchev–Trinajstić information content (AvgIpc) is 2.22. The number of rotatable bonds is 6. The second-order valence-corrected chi connectivity index (χ2v) is 5.65. The molecule has 0 aliphatic heterocycles. The summed E-state index contributed by atoms with van der Waals surface area (Å²) in [6, 6.07) is -0.317. The van der Waals surface area contributed by atoms with E-state index in [1.807, 2.05) is 34.6 Å². The van der Waals surface area contributed by atoms with Crippen LogP contribution in [0.4, 0.5) is 4.79 Å². The fourth-order valence-electron chi connectivity index (χ4n) is 1.63. The molecule has 0 spiro atoms. The van der Waals surface area contributed by atoms with Gasteiger partial charge in [0.25, 0.3) is 0 Å². The van der Waals surface area contributed by atoms with Gasteiger partial charge in [-0.25, -0.2) is 4.79 Å². The zero-order chi connectivity index (χ0) is 14.3. The Morgan fingerprint density at radius 2 is 2.06 bits per heavy atom. The highest BCUT2D eigenvalue weighted by molar-refractivity contribution is 5.68. The quantitative estimate of drug-likeness (QED) is 0.719. The molecule has 0 bridgehead atoms. The van der Waals surface area contributed by atoms with Crippen LogP contribution in [0.3, 0.4) is 0 Å². The maximum Gasteiger partial charge on any atom is 0.407 e. The third-order valence-electron chi connectivity index (χ3n) is 2.76. The van der Waals surface area contributed by atoms with Gasteiger partial charge in [-0.05, 0) is 33.1 Å². The van der Waals surface area contributed by atoms with Crippen molar-refractivity contribution in [3.63, 3.8) is 0 Å². The molecular formula is C14H27NO3. The number of amides is 1. The summed E-state index contributed by atoms with van der Waals surface area (Å²) >= 11 is 0. The van der Waals surface area contributed by atoms with Crippen LogP contribution in [0.1, 0.15) is 47.5 Å².